The summed E-state index contributed by atoms with van der Waals surface area (Å²) in [6.07, 6.45) is 3.42. The first-order chi connectivity index (χ1) is 14.1. The van der Waals surface area contributed by atoms with Crippen LogP contribution in [0.1, 0.15) is 55.7 Å². The first-order valence-corrected chi connectivity index (χ1v) is 9.48. The Kier molecular flexibility index (Phi) is 5.81. The van der Waals surface area contributed by atoms with Crippen molar-refractivity contribution in [1.29, 1.82) is 0 Å². The van der Waals surface area contributed by atoms with Gasteiger partial charge in [-0.1, -0.05) is 0 Å². The van der Waals surface area contributed by atoms with Gasteiger partial charge < -0.3 is 14.8 Å². The average molecular weight is 416 g/mol. The predicted molar refractivity (Wildman–Crippen MR) is 103 cm³/mol. The molecule has 0 saturated heterocycles. The second kappa shape index (κ2) is 8.17. The minimum atomic E-state index is -0.810. The number of carbonyl (C=O) groups excluding carboxylic acids is 3. The lowest BCUT2D eigenvalue weighted by molar-refractivity contribution is -0.143. The number of esters is 2. The maximum atomic E-state index is 12.6. The van der Waals surface area contributed by atoms with Gasteiger partial charge in [0.1, 0.15) is 6.54 Å². The SMILES string of the molecule is COC(=O)CNC(=O)c1ncc(-c2nnn(C3CC3)n2)c(C)c1OC(=O)C(C)(C)C. The maximum Gasteiger partial charge on any atom is 0.325 e. The summed E-state index contributed by atoms with van der Waals surface area (Å²) in [5, 5.41) is 14.9. The van der Waals surface area contributed by atoms with Gasteiger partial charge in [-0.2, -0.15) is 4.80 Å². The van der Waals surface area contributed by atoms with E-state index in [1.807, 2.05) is 0 Å². The van der Waals surface area contributed by atoms with Gasteiger partial charge in [0.05, 0.1) is 18.6 Å². The van der Waals surface area contributed by atoms with Crippen LogP contribution in [-0.4, -0.2) is 56.7 Å². The fraction of sp³-hybridized carbons (Fsp3) is 0.526. The normalized spacial score (nSPS) is 13.6. The Morgan fingerprint density at radius 2 is 1.97 bits per heavy atom. The average Bonchev–Trinajstić information content (AvgIpc) is 3.43. The number of carbonyl (C=O) groups is 3. The van der Waals surface area contributed by atoms with Gasteiger partial charge in [-0.25, -0.2) is 4.98 Å². The van der Waals surface area contributed by atoms with E-state index in [9.17, 15) is 14.4 Å². The van der Waals surface area contributed by atoms with Gasteiger partial charge in [0, 0.05) is 17.3 Å². The Morgan fingerprint density at radius 1 is 1.27 bits per heavy atom. The summed E-state index contributed by atoms with van der Waals surface area (Å²) in [5.74, 6) is -1.53. The molecule has 0 aromatic carbocycles. The van der Waals surface area contributed by atoms with E-state index in [1.165, 1.54) is 13.3 Å². The van der Waals surface area contributed by atoms with Crippen LogP contribution in [-0.2, 0) is 14.3 Å². The van der Waals surface area contributed by atoms with Crippen molar-refractivity contribution in [3.8, 4) is 17.1 Å². The molecule has 0 aliphatic heterocycles. The number of ether oxygens (including phenoxy) is 2. The molecule has 1 aliphatic carbocycles. The Bertz CT molecular complexity index is 990. The molecular weight excluding hydrogens is 392 g/mol. The van der Waals surface area contributed by atoms with Crippen molar-refractivity contribution >= 4 is 17.8 Å². The van der Waals surface area contributed by atoms with Crippen molar-refractivity contribution in [2.24, 2.45) is 5.41 Å². The van der Waals surface area contributed by atoms with E-state index < -0.39 is 23.3 Å². The van der Waals surface area contributed by atoms with Crippen molar-refractivity contribution in [2.75, 3.05) is 13.7 Å². The highest BCUT2D eigenvalue weighted by Crippen LogP contribution is 2.35. The van der Waals surface area contributed by atoms with Crippen LogP contribution in [0.4, 0.5) is 0 Å². The highest BCUT2D eigenvalue weighted by Gasteiger charge is 2.30. The fourth-order valence-corrected chi connectivity index (χ4v) is 2.44. The summed E-state index contributed by atoms with van der Waals surface area (Å²) in [6.45, 7) is 6.42. The summed E-state index contributed by atoms with van der Waals surface area (Å²) >= 11 is 0. The van der Waals surface area contributed by atoms with E-state index in [1.54, 1.807) is 32.5 Å². The second-order valence-electron chi connectivity index (χ2n) is 8.04. The van der Waals surface area contributed by atoms with Crippen molar-refractivity contribution in [2.45, 2.75) is 46.6 Å². The molecule has 1 N–H and O–H groups in total. The standard InChI is InChI=1S/C19H24N6O5/c1-10-12(16-22-24-25(23-16)11-6-7-11)8-20-14(17(27)21-9-13(26)29-5)15(10)30-18(28)19(2,3)4/h8,11H,6-7,9H2,1-5H3,(H,21,27). The van der Waals surface area contributed by atoms with E-state index >= 15 is 0 Å². The van der Waals surface area contributed by atoms with Crippen LogP contribution in [0, 0.1) is 12.3 Å². The number of rotatable bonds is 6. The summed E-state index contributed by atoms with van der Waals surface area (Å²) in [7, 11) is 1.21. The Morgan fingerprint density at radius 3 is 2.57 bits per heavy atom. The molecule has 30 heavy (non-hydrogen) atoms. The first-order valence-electron chi connectivity index (χ1n) is 9.48. The van der Waals surface area contributed by atoms with Crippen molar-refractivity contribution in [3.05, 3.63) is 17.5 Å². The van der Waals surface area contributed by atoms with Crippen LogP contribution in [0.3, 0.4) is 0 Å². The predicted octanol–water partition coefficient (Wildman–Crippen LogP) is 1.23. The zero-order valence-electron chi connectivity index (χ0n) is 17.6. The topological polar surface area (TPSA) is 138 Å². The third kappa shape index (κ3) is 4.61. The molecule has 0 atom stereocenters. The van der Waals surface area contributed by atoms with Gasteiger partial charge >= 0.3 is 11.9 Å². The van der Waals surface area contributed by atoms with Crippen molar-refractivity contribution < 1.29 is 23.9 Å². The summed E-state index contributed by atoms with van der Waals surface area (Å²) in [5.41, 5.74) is 0.00637. The number of amides is 1. The highest BCUT2D eigenvalue weighted by atomic mass is 16.5. The molecule has 0 spiro atoms. The lowest BCUT2D eigenvalue weighted by Gasteiger charge is -2.19. The number of hydrogen-bond donors (Lipinski definition) is 1. The molecule has 2 aromatic rings. The minimum Gasteiger partial charge on any atom is -0.468 e. The number of nitrogens with one attached hydrogen (secondary N) is 1. The molecule has 2 heterocycles. The van der Waals surface area contributed by atoms with Gasteiger partial charge in [-0.15, -0.1) is 10.2 Å². The quantitative estimate of drug-likeness (QED) is 0.689. The zero-order valence-corrected chi connectivity index (χ0v) is 17.6. The molecule has 3 rings (SSSR count). The molecule has 0 unspecified atom stereocenters. The smallest absolute Gasteiger partial charge is 0.325 e. The van der Waals surface area contributed by atoms with Crippen molar-refractivity contribution in [3.63, 3.8) is 0 Å². The van der Waals surface area contributed by atoms with E-state index in [0.29, 0.717) is 17.0 Å². The van der Waals surface area contributed by atoms with Crippen LogP contribution >= 0.6 is 0 Å². The molecule has 1 amide bonds. The minimum absolute atomic E-state index is 0.0161. The van der Waals surface area contributed by atoms with E-state index in [0.717, 1.165) is 12.8 Å². The van der Waals surface area contributed by atoms with Crippen molar-refractivity contribution in [1.82, 2.24) is 30.5 Å². The Labute approximate surface area is 173 Å². The number of hydrogen-bond acceptors (Lipinski definition) is 9. The molecule has 1 aliphatic rings. The highest BCUT2D eigenvalue weighted by molar-refractivity contribution is 5.98. The number of aromatic nitrogens is 5. The zero-order chi connectivity index (χ0) is 22.1. The molecule has 1 fully saturated rings. The molecule has 11 nitrogen and oxygen atoms in total. The molecule has 11 heteroatoms. The van der Waals surface area contributed by atoms with Gasteiger partial charge in [-0.3, -0.25) is 14.4 Å². The van der Waals surface area contributed by atoms with Gasteiger partial charge in [0.2, 0.25) is 5.82 Å². The summed E-state index contributed by atoms with van der Waals surface area (Å²) in [6, 6.07) is 0.251. The molecule has 0 bridgehead atoms. The Hall–Kier alpha value is -3.37. The van der Waals surface area contributed by atoms with Gasteiger partial charge in [-0.05, 0) is 45.7 Å². The van der Waals surface area contributed by atoms with Crippen LogP contribution in [0.25, 0.3) is 11.4 Å². The van der Waals surface area contributed by atoms with Crippen LogP contribution in [0.15, 0.2) is 6.20 Å². The van der Waals surface area contributed by atoms with E-state index in [4.69, 9.17) is 4.74 Å². The van der Waals surface area contributed by atoms with Crippen LogP contribution in [0.5, 0.6) is 5.75 Å². The summed E-state index contributed by atoms with van der Waals surface area (Å²) < 4.78 is 10.1. The van der Waals surface area contributed by atoms with Gasteiger partial charge in [0.15, 0.2) is 11.4 Å². The number of nitrogens with zero attached hydrogens (tertiary/aromatic N) is 5. The molecule has 160 valence electrons. The fourth-order valence-electron chi connectivity index (χ4n) is 2.44. The second-order valence-corrected chi connectivity index (χ2v) is 8.04. The largest absolute Gasteiger partial charge is 0.468 e. The lowest BCUT2D eigenvalue weighted by Crippen LogP contribution is -2.32. The molecular formula is C19H24N6O5. The first kappa shape index (κ1) is 21.3. The Balaban J connectivity index is 1.98. The summed E-state index contributed by atoms with van der Waals surface area (Å²) in [4.78, 5) is 42.2. The van der Waals surface area contributed by atoms with Crippen LogP contribution < -0.4 is 10.1 Å². The van der Waals surface area contributed by atoms with Crippen LogP contribution in [0.2, 0.25) is 0 Å². The molecule has 0 radical (unpaired) electrons. The number of tetrazole rings is 1. The van der Waals surface area contributed by atoms with E-state index in [-0.39, 0.29) is 24.0 Å². The number of pyridine rings is 1. The monoisotopic (exact) mass is 416 g/mol. The molecule has 2 aromatic heterocycles. The molecule has 1 saturated carbocycles. The lowest BCUT2D eigenvalue weighted by atomic mass is 9.97. The third-order valence-electron chi connectivity index (χ3n) is 4.47. The third-order valence-corrected chi connectivity index (χ3v) is 4.47. The van der Waals surface area contributed by atoms with E-state index in [2.05, 4.69) is 30.4 Å². The number of methoxy groups -OCH3 is 1. The van der Waals surface area contributed by atoms with Gasteiger partial charge in [0.25, 0.3) is 5.91 Å². The maximum absolute atomic E-state index is 12.6.